The number of benzene rings is 3. The SMILES string of the molecule is COc1ccc(CN2CCCN(C(=O)c3ccccc3OCc3ccc(F)cc3)CC2)cc1. The molecule has 6 heteroatoms. The highest BCUT2D eigenvalue weighted by atomic mass is 19.1. The van der Waals surface area contributed by atoms with Crippen molar-refractivity contribution >= 4 is 5.91 Å². The van der Waals surface area contributed by atoms with E-state index < -0.39 is 0 Å². The molecule has 3 aromatic rings. The van der Waals surface area contributed by atoms with Gasteiger partial charge in [0.2, 0.25) is 0 Å². The van der Waals surface area contributed by atoms with Gasteiger partial charge in [0.1, 0.15) is 23.9 Å². The van der Waals surface area contributed by atoms with Gasteiger partial charge in [-0.15, -0.1) is 0 Å². The third-order valence-corrected chi connectivity index (χ3v) is 5.87. The summed E-state index contributed by atoms with van der Waals surface area (Å²) >= 11 is 0. The molecule has 0 aromatic heterocycles. The number of rotatable bonds is 7. The van der Waals surface area contributed by atoms with Crippen LogP contribution in [0.2, 0.25) is 0 Å². The van der Waals surface area contributed by atoms with Crippen molar-refractivity contribution in [3.05, 3.63) is 95.3 Å². The van der Waals surface area contributed by atoms with E-state index in [2.05, 4.69) is 17.0 Å². The molecule has 1 aliphatic rings. The summed E-state index contributed by atoms with van der Waals surface area (Å²) in [6.45, 7) is 4.27. The van der Waals surface area contributed by atoms with Crippen LogP contribution in [0.15, 0.2) is 72.8 Å². The fraction of sp³-hybridized carbons (Fsp3) is 0.296. The van der Waals surface area contributed by atoms with Crippen molar-refractivity contribution in [2.75, 3.05) is 33.3 Å². The van der Waals surface area contributed by atoms with Crippen LogP contribution < -0.4 is 9.47 Å². The summed E-state index contributed by atoms with van der Waals surface area (Å²) in [7, 11) is 1.67. The Kier molecular flexibility index (Phi) is 7.58. The van der Waals surface area contributed by atoms with Crippen LogP contribution in [0.3, 0.4) is 0 Å². The number of methoxy groups -OCH3 is 1. The molecular weight excluding hydrogens is 419 g/mol. The Labute approximate surface area is 194 Å². The maximum atomic E-state index is 13.3. The second-order valence-electron chi connectivity index (χ2n) is 8.18. The Balaban J connectivity index is 1.37. The summed E-state index contributed by atoms with van der Waals surface area (Å²) in [5.41, 5.74) is 2.64. The molecule has 0 N–H and O–H groups in total. The van der Waals surface area contributed by atoms with E-state index in [0.29, 0.717) is 24.4 Å². The summed E-state index contributed by atoms with van der Waals surface area (Å²) in [5, 5.41) is 0. The minimum absolute atomic E-state index is 0.0176. The van der Waals surface area contributed by atoms with E-state index in [9.17, 15) is 9.18 Å². The standard InChI is InChI=1S/C27H29FN2O3/c1-32-24-13-9-21(10-14-24)19-29-15-4-16-30(18-17-29)27(31)25-5-2-3-6-26(25)33-20-22-7-11-23(28)12-8-22/h2-3,5-14H,4,15-20H2,1H3. The molecule has 1 heterocycles. The first-order valence-electron chi connectivity index (χ1n) is 11.2. The van der Waals surface area contributed by atoms with Crippen LogP contribution in [0.1, 0.15) is 27.9 Å². The molecule has 0 spiro atoms. The van der Waals surface area contributed by atoms with E-state index in [0.717, 1.165) is 37.4 Å². The van der Waals surface area contributed by atoms with Crippen LogP contribution in [0.25, 0.3) is 0 Å². The largest absolute Gasteiger partial charge is 0.497 e. The predicted octanol–water partition coefficient (Wildman–Crippen LogP) is 4.76. The van der Waals surface area contributed by atoms with E-state index >= 15 is 0 Å². The van der Waals surface area contributed by atoms with Gasteiger partial charge in [-0.25, -0.2) is 4.39 Å². The van der Waals surface area contributed by atoms with Crippen LogP contribution in [0.5, 0.6) is 11.5 Å². The third kappa shape index (κ3) is 6.11. The fourth-order valence-electron chi connectivity index (χ4n) is 4.00. The van der Waals surface area contributed by atoms with Gasteiger partial charge in [-0.2, -0.15) is 0 Å². The number of ether oxygens (including phenoxy) is 2. The summed E-state index contributed by atoms with van der Waals surface area (Å²) in [6.07, 6.45) is 0.917. The van der Waals surface area contributed by atoms with E-state index in [1.165, 1.54) is 17.7 Å². The number of hydrogen-bond acceptors (Lipinski definition) is 4. The monoisotopic (exact) mass is 448 g/mol. The minimum Gasteiger partial charge on any atom is -0.497 e. The number of amides is 1. The number of carbonyl (C=O) groups is 1. The lowest BCUT2D eigenvalue weighted by Gasteiger charge is -2.23. The molecule has 1 fully saturated rings. The summed E-state index contributed by atoms with van der Waals surface area (Å²) in [5.74, 6) is 1.10. The van der Waals surface area contributed by atoms with Gasteiger partial charge < -0.3 is 14.4 Å². The molecule has 0 bridgehead atoms. The maximum absolute atomic E-state index is 13.3. The van der Waals surface area contributed by atoms with Gasteiger partial charge in [0.15, 0.2) is 0 Å². The molecule has 5 nitrogen and oxygen atoms in total. The lowest BCUT2D eigenvalue weighted by Crippen LogP contribution is -2.35. The van der Waals surface area contributed by atoms with Crippen molar-refractivity contribution in [3.8, 4) is 11.5 Å². The Morgan fingerprint density at radius 3 is 2.36 bits per heavy atom. The summed E-state index contributed by atoms with van der Waals surface area (Å²) < 4.78 is 24.3. The Hall–Kier alpha value is -3.38. The van der Waals surface area contributed by atoms with Crippen molar-refractivity contribution in [2.45, 2.75) is 19.6 Å². The Morgan fingerprint density at radius 2 is 1.61 bits per heavy atom. The van der Waals surface area contributed by atoms with Gasteiger partial charge in [-0.05, 0) is 53.9 Å². The van der Waals surface area contributed by atoms with Gasteiger partial charge in [0.25, 0.3) is 5.91 Å². The zero-order chi connectivity index (χ0) is 23.0. The first-order chi connectivity index (χ1) is 16.1. The number of nitrogens with zero attached hydrogens (tertiary/aromatic N) is 2. The zero-order valence-corrected chi connectivity index (χ0v) is 18.9. The predicted molar refractivity (Wildman–Crippen MR) is 126 cm³/mol. The van der Waals surface area contributed by atoms with Crippen molar-refractivity contribution < 1.29 is 18.7 Å². The van der Waals surface area contributed by atoms with E-state index in [1.807, 2.05) is 41.3 Å². The highest BCUT2D eigenvalue weighted by Crippen LogP contribution is 2.22. The lowest BCUT2D eigenvalue weighted by atomic mass is 10.1. The smallest absolute Gasteiger partial charge is 0.257 e. The van der Waals surface area contributed by atoms with Crippen LogP contribution in [0.4, 0.5) is 4.39 Å². The third-order valence-electron chi connectivity index (χ3n) is 5.87. The molecule has 0 aliphatic carbocycles. The average Bonchev–Trinajstić information content (AvgIpc) is 3.09. The number of carbonyl (C=O) groups excluding carboxylic acids is 1. The molecule has 3 aromatic carbocycles. The highest BCUT2D eigenvalue weighted by Gasteiger charge is 2.23. The first kappa shape index (κ1) is 22.8. The molecule has 4 rings (SSSR count). The van der Waals surface area contributed by atoms with Gasteiger partial charge in [-0.3, -0.25) is 9.69 Å². The van der Waals surface area contributed by atoms with E-state index in [-0.39, 0.29) is 18.3 Å². The fourth-order valence-corrected chi connectivity index (χ4v) is 4.00. The van der Waals surface area contributed by atoms with Crippen LogP contribution in [-0.4, -0.2) is 49.0 Å². The van der Waals surface area contributed by atoms with Gasteiger partial charge in [0, 0.05) is 32.7 Å². The molecule has 172 valence electrons. The molecule has 33 heavy (non-hydrogen) atoms. The topological polar surface area (TPSA) is 42.0 Å². The Bertz CT molecular complexity index is 1050. The number of para-hydroxylation sites is 1. The van der Waals surface area contributed by atoms with Crippen LogP contribution >= 0.6 is 0 Å². The normalized spacial score (nSPS) is 14.5. The number of halogens is 1. The second kappa shape index (κ2) is 11.0. The van der Waals surface area contributed by atoms with Crippen molar-refractivity contribution in [1.29, 1.82) is 0 Å². The molecule has 1 aliphatic heterocycles. The van der Waals surface area contributed by atoms with Gasteiger partial charge in [-0.1, -0.05) is 36.4 Å². The van der Waals surface area contributed by atoms with Crippen molar-refractivity contribution in [3.63, 3.8) is 0 Å². The highest BCUT2D eigenvalue weighted by molar-refractivity contribution is 5.97. The first-order valence-corrected chi connectivity index (χ1v) is 11.2. The maximum Gasteiger partial charge on any atom is 0.257 e. The molecule has 1 amide bonds. The van der Waals surface area contributed by atoms with E-state index in [1.54, 1.807) is 19.2 Å². The van der Waals surface area contributed by atoms with E-state index in [4.69, 9.17) is 9.47 Å². The minimum atomic E-state index is -0.281. The average molecular weight is 449 g/mol. The van der Waals surface area contributed by atoms with Crippen LogP contribution in [-0.2, 0) is 13.2 Å². The summed E-state index contributed by atoms with van der Waals surface area (Å²) in [6, 6.07) is 21.6. The zero-order valence-electron chi connectivity index (χ0n) is 18.9. The van der Waals surface area contributed by atoms with Crippen molar-refractivity contribution in [1.82, 2.24) is 9.80 Å². The Morgan fingerprint density at radius 1 is 0.879 bits per heavy atom. The summed E-state index contributed by atoms with van der Waals surface area (Å²) in [4.78, 5) is 17.6. The molecule has 0 saturated carbocycles. The molecular formula is C27H29FN2O3. The second-order valence-corrected chi connectivity index (χ2v) is 8.18. The molecule has 0 atom stereocenters. The molecule has 0 radical (unpaired) electrons. The quantitative estimate of drug-likeness (QED) is 0.523. The van der Waals surface area contributed by atoms with Crippen molar-refractivity contribution in [2.24, 2.45) is 0 Å². The lowest BCUT2D eigenvalue weighted by molar-refractivity contribution is 0.0756. The van der Waals surface area contributed by atoms with Gasteiger partial charge >= 0.3 is 0 Å². The van der Waals surface area contributed by atoms with Gasteiger partial charge in [0.05, 0.1) is 12.7 Å². The number of hydrogen-bond donors (Lipinski definition) is 0. The molecule has 0 unspecified atom stereocenters. The molecule has 1 saturated heterocycles. The van der Waals surface area contributed by atoms with Crippen LogP contribution in [0, 0.1) is 5.82 Å².